The largest absolute Gasteiger partial charge is 0.352 e. The van der Waals surface area contributed by atoms with Crippen LogP contribution in [0, 0.1) is 6.92 Å². The van der Waals surface area contributed by atoms with Crippen molar-refractivity contribution in [3.8, 4) is 0 Å². The average Bonchev–Trinajstić information content (AvgIpc) is 3.31. The summed E-state index contributed by atoms with van der Waals surface area (Å²) in [4.78, 5) is 13.4. The van der Waals surface area contributed by atoms with Gasteiger partial charge in [-0.15, -0.1) is 5.10 Å². The number of hydrogen-bond acceptors (Lipinski definition) is 6. The van der Waals surface area contributed by atoms with E-state index in [1.54, 1.807) is 6.20 Å². The number of aryl methyl sites for hydroxylation is 1. The molecule has 0 spiro atoms. The second-order valence-electron chi connectivity index (χ2n) is 6.72. The molecule has 0 atom stereocenters. The molecule has 1 aliphatic heterocycles. The van der Waals surface area contributed by atoms with Crippen LogP contribution in [-0.4, -0.2) is 51.2 Å². The van der Waals surface area contributed by atoms with Crippen molar-refractivity contribution in [3.05, 3.63) is 41.6 Å². The Bertz CT molecular complexity index is 676. The Hall–Kier alpha value is -2.08. The number of hydrogen-bond donors (Lipinski definition) is 0. The summed E-state index contributed by atoms with van der Waals surface area (Å²) >= 11 is 0. The second kappa shape index (κ2) is 5.85. The minimum atomic E-state index is 0.530. The summed E-state index contributed by atoms with van der Waals surface area (Å²) in [5.41, 5.74) is 3.15. The molecule has 2 aliphatic rings. The minimum absolute atomic E-state index is 0.530. The summed E-state index contributed by atoms with van der Waals surface area (Å²) in [6.07, 6.45) is 6.18. The summed E-state index contributed by atoms with van der Waals surface area (Å²) in [7, 11) is 2.15. The Balaban J connectivity index is 1.31. The number of likely N-dealkylation sites (N-methyl/N-ethyl adjacent to an activating group) is 1. The molecule has 0 radical (unpaired) electrons. The lowest BCUT2D eigenvalue weighted by atomic mass is 10.1. The van der Waals surface area contributed by atoms with Gasteiger partial charge in [0.05, 0.1) is 17.1 Å². The third-order valence-corrected chi connectivity index (χ3v) is 4.69. The fourth-order valence-electron chi connectivity index (χ4n) is 3.00. The van der Waals surface area contributed by atoms with Crippen LogP contribution in [0.5, 0.6) is 0 Å². The molecule has 1 saturated carbocycles. The minimum Gasteiger partial charge on any atom is -0.352 e. The molecule has 6 nitrogen and oxygen atoms in total. The smallest absolute Gasteiger partial charge is 0.151 e. The van der Waals surface area contributed by atoms with Crippen molar-refractivity contribution in [2.75, 3.05) is 25.0 Å². The van der Waals surface area contributed by atoms with Crippen molar-refractivity contribution in [2.45, 2.75) is 38.3 Å². The molecule has 2 aromatic heterocycles. The summed E-state index contributed by atoms with van der Waals surface area (Å²) < 4.78 is 0. The third-order valence-electron chi connectivity index (χ3n) is 4.69. The van der Waals surface area contributed by atoms with Crippen molar-refractivity contribution in [3.63, 3.8) is 0 Å². The molecule has 3 heterocycles. The van der Waals surface area contributed by atoms with Gasteiger partial charge in [-0.3, -0.25) is 14.9 Å². The van der Waals surface area contributed by atoms with Gasteiger partial charge in [-0.25, -0.2) is 0 Å². The molecule has 0 unspecified atom stereocenters. The summed E-state index contributed by atoms with van der Waals surface area (Å²) in [6.45, 7) is 4.80. The van der Waals surface area contributed by atoms with Crippen molar-refractivity contribution in [1.82, 2.24) is 25.1 Å². The summed E-state index contributed by atoms with van der Waals surface area (Å²) in [6, 6.07) is 4.78. The van der Waals surface area contributed by atoms with Crippen LogP contribution in [0.4, 0.5) is 5.82 Å². The van der Waals surface area contributed by atoms with E-state index in [0.717, 1.165) is 42.5 Å². The quantitative estimate of drug-likeness (QED) is 0.839. The lowest BCUT2D eigenvalue weighted by molar-refractivity contribution is 0.194. The first kappa shape index (κ1) is 14.5. The van der Waals surface area contributed by atoms with E-state index < -0.39 is 0 Å². The van der Waals surface area contributed by atoms with E-state index in [-0.39, 0.29) is 0 Å². The van der Waals surface area contributed by atoms with Gasteiger partial charge in [-0.05, 0) is 38.9 Å². The van der Waals surface area contributed by atoms with Crippen molar-refractivity contribution in [1.29, 1.82) is 0 Å². The maximum Gasteiger partial charge on any atom is 0.151 e. The zero-order valence-corrected chi connectivity index (χ0v) is 13.7. The predicted octanol–water partition coefficient (Wildman–Crippen LogP) is 1.77. The highest BCUT2D eigenvalue weighted by atomic mass is 15.4. The topological polar surface area (TPSA) is 58.0 Å². The van der Waals surface area contributed by atoms with Crippen LogP contribution < -0.4 is 4.90 Å². The van der Waals surface area contributed by atoms with Crippen LogP contribution >= 0.6 is 0 Å². The Morgan fingerprint density at radius 3 is 2.65 bits per heavy atom. The third kappa shape index (κ3) is 3.17. The molecule has 4 rings (SSSR count). The summed E-state index contributed by atoms with van der Waals surface area (Å²) in [5, 5.41) is 8.75. The lowest BCUT2D eigenvalue weighted by Gasteiger charge is -2.44. The number of anilines is 1. The summed E-state index contributed by atoms with van der Waals surface area (Å²) in [5.74, 6) is 1.66. The van der Waals surface area contributed by atoms with E-state index in [1.165, 1.54) is 12.8 Å². The molecule has 1 saturated heterocycles. The molecular weight excluding hydrogens is 288 g/mol. The van der Waals surface area contributed by atoms with Crippen molar-refractivity contribution < 1.29 is 0 Å². The van der Waals surface area contributed by atoms with Gasteiger partial charge in [0.2, 0.25) is 0 Å². The van der Waals surface area contributed by atoms with Crippen LogP contribution in [0.25, 0.3) is 0 Å². The van der Waals surface area contributed by atoms with Crippen molar-refractivity contribution >= 4 is 5.82 Å². The highest BCUT2D eigenvalue weighted by Crippen LogP contribution is 2.38. The highest BCUT2D eigenvalue weighted by molar-refractivity contribution is 5.42. The molecule has 23 heavy (non-hydrogen) atoms. The predicted molar refractivity (Wildman–Crippen MR) is 88.2 cm³/mol. The highest BCUT2D eigenvalue weighted by Gasteiger charge is 2.32. The van der Waals surface area contributed by atoms with Gasteiger partial charge < -0.3 is 4.90 Å². The number of aromatic nitrogens is 4. The maximum atomic E-state index is 4.52. The fraction of sp³-hybridized carbons (Fsp3) is 0.529. The molecule has 120 valence electrons. The molecule has 2 fully saturated rings. The van der Waals surface area contributed by atoms with Crippen LogP contribution in [0.1, 0.15) is 35.8 Å². The van der Waals surface area contributed by atoms with Gasteiger partial charge in [0.25, 0.3) is 0 Å². The van der Waals surface area contributed by atoms with Crippen molar-refractivity contribution in [2.24, 2.45) is 0 Å². The Kier molecular flexibility index (Phi) is 3.69. The van der Waals surface area contributed by atoms with Gasteiger partial charge in [-0.1, -0.05) is 0 Å². The first-order valence-corrected chi connectivity index (χ1v) is 8.25. The molecular formula is C17H22N6. The van der Waals surface area contributed by atoms with Gasteiger partial charge in [0, 0.05) is 44.0 Å². The first-order chi connectivity index (χ1) is 11.2. The molecule has 0 amide bonds. The zero-order chi connectivity index (χ0) is 15.8. The van der Waals surface area contributed by atoms with Gasteiger partial charge in [-0.2, -0.15) is 5.10 Å². The zero-order valence-electron chi connectivity index (χ0n) is 13.7. The van der Waals surface area contributed by atoms with E-state index in [4.69, 9.17) is 0 Å². The normalized spacial score (nSPS) is 18.3. The molecule has 0 bridgehead atoms. The molecule has 2 aromatic rings. The average molecular weight is 310 g/mol. The van der Waals surface area contributed by atoms with E-state index >= 15 is 0 Å². The van der Waals surface area contributed by atoms with E-state index in [1.807, 2.05) is 13.1 Å². The lowest BCUT2D eigenvalue weighted by Crippen LogP contribution is -2.58. The Labute approximate surface area is 136 Å². The van der Waals surface area contributed by atoms with Crippen LogP contribution in [0.2, 0.25) is 0 Å². The maximum absolute atomic E-state index is 4.52. The first-order valence-electron chi connectivity index (χ1n) is 8.25. The van der Waals surface area contributed by atoms with E-state index in [0.29, 0.717) is 12.0 Å². The molecule has 0 N–H and O–H groups in total. The van der Waals surface area contributed by atoms with Crippen LogP contribution in [0.15, 0.2) is 24.5 Å². The number of rotatable bonds is 5. The number of nitrogens with zero attached hydrogens (tertiary/aromatic N) is 6. The van der Waals surface area contributed by atoms with Crippen LogP contribution in [-0.2, 0) is 6.54 Å². The van der Waals surface area contributed by atoms with Gasteiger partial charge in [0.15, 0.2) is 5.82 Å². The molecule has 0 aromatic carbocycles. The Morgan fingerprint density at radius 1 is 1.17 bits per heavy atom. The molecule has 6 heteroatoms. The van der Waals surface area contributed by atoms with Gasteiger partial charge in [0.1, 0.15) is 0 Å². The standard InChI is InChI=1S/C17H22N6/c1-12-7-18-8-14(19-12)9-22(2)15-10-23(11-15)17-6-5-16(20-21-17)13-3-4-13/h5-8,13,15H,3-4,9-11H2,1-2H3. The van der Waals surface area contributed by atoms with E-state index in [2.05, 4.69) is 49.1 Å². The SMILES string of the molecule is Cc1cncc(CN(C)C2CN(c3ccc(C4CC4)nn3)C2)n1. The van der Waals surface area contributed by atoms with E-state index in [9.17, 15) is 0 Å². The molecule has 1 aliphatic carbocycles. The monoisotopic (exact) mass is 310 g/mol. The second-order valence-corrected chi connectivity index (χ2v) is 6.72. The van der Waals surface area contributed by atoms with Crippen LogP contribution in [0.3, 0.4) is 0 Å². The Morgan fingerprint density at radius 2 is 2.00 bits per heavy atom. The fourth-order valence-corrected chi connectivity index (χ4v) is 3.00. The van der Waals surface area contributed by atoms with Gasteiger partial charge >= 0.3 is 0 Å².